The number of halogens is 1. The molecule has 1 aliphatic heterocycles. The Morgan fingerprint density at radius 1 is 1.36 bits per heavy atom. The Labute approximate surface area is 151 Å². The first-order valence-electron chi connectivity index (χ1n) is 8.05. The highest BCUT2D eigenvalue weighted by molar-refractivity contribution is 14.0. The Bertz CT molecular complexity index is 469. The third kappa shape index (κ3) is 6.52. The molecule has 124 valence electrons. The second kappa shape index (κ2) is 10.0. The molecule has 4 nitrogen and oxygen atoms in total. The molecule has 1 aliphatic rings. The van der Waals surface area contributed by atoms with Crippen LogP contribution in [0.3, 0.4) is 0 Å². The number of nitrogens with one attached hydrogen (secondary N) is 1. The highest BCUT2D eigenvalue weighted by atomic mass is 127. The van der Waals surface area contributed by atoms with Crippen LogP contribution in [0.5, 0.6) is 0 Å². The van der Waals surface area contributed by atoms with E-state index in [9.17, 15) is 0 Å². The Morgan fingerprint density at radius 2 is 2.09 bits per heavy atom. The lowest BCUT2D eigenvalue weighted by Gasteiger charge is -2.18. The van der Waals surface area contributed by atoms with E-state index in [1.807, 2.05) is 12.1 Å². The van der Waals surface area contributed by atoms with Crippen molar-refractivity contribution in [3.05, 3.63) is 29.8 Å². The SMILES string of the molecule is CCc1cccc(NC(N)=NCC(C)CN2CCCC2)c1.I. The summed E-state index contributed by atoms with van der Waals surface area (Å²) < 4.78 is 0. The number of nitrogens with zero attached hydrogens (tertiary/aromatic N) is 2. The summed E-state index contributed by atoms with van der Waals surface area (Å²) in [6.45, 7) is 8.78. The van der Waals surface area contributed by atoms with Crippen LogP contribution in [0, 0.1) is 5.92 Å². The van der Waals surface area contributed by atoms with Gasteiger partial charge in [0.15, 0.2) is 5.96 Å². The van der Waals surface area contributed by atoms with Crippen molar-refractivity contribution in [2.45, 2.75) is 33.1 Å². The van der Waals surface area contributed by atoms with Gasteiger partial charge in [-0.05, 0) is 56.0 Å². The van der Waals surface area contributed by atoms with Gasteiger partial charge in [0.25, 0.3) is 0 Å². The van der Waals surface area contributed by atoms with Gasteiger partial charge >= 0.3 is 0 Å². The van der Waals surface area contributed by atoms with Crippen molar-refractivity contribution in [1.82, 2.24) is 4.90 Å². The molecule has 1 fully saturated rings. The smallest absolute Gasteiger partial charge is 0.193 e. The zero-order valence-electron chi connectivity index (χ0n) is 13.7. The van der Waals surface area contributed by atoms with E-state index in [1.54, 1.807) is 0 Å². The molecule has 22 heavy (non-hydrogen) atoms. The van der Waals surface area contributed by atoms with Gasteiger partial charge in [-0.2, -0.15) is 0 Å². The van der Waals surface area contributed by atoms with Crippen molar-refractivity contribution >= 4 is 35.6 Å². The van der Waals surface area contributed by atoms with Crippen molar-refractivity contribution in [2.24, 2.45) is 16.6 Å². The summed E-state index contributed by atoms with van der Waals surface area (Å²) >= 11 is 0. The van der Waals surface area contributed by atoms with Crippen molar-refractivity contribution in [3.8, 4) is 0 Å². The second-order valence-electron chi connectivity index (χ2n) is 6.02. The molecule has 0 radical (unpaired) electrons. The average Bonchev–Trinajstić information content (AvgIpc) is 2.98. The first-order valence-corrected chi connectivity index (χ1v) is 8.05. The zero-order chi connectivity index (χ0) is 15.1. The predicted octanol–water partition coefficient (Wildman–Crippen LogP) is 3.33. The Morgan fingerprint density at radius 3 is 2.77 bits per heavy atom. The van der Waals surface area contributed by atoms with E-state index in [0.717, 1.165) is 25.2 Å². The molecule has 1 aromatic carbocycles. The molecular weight excluding hydrogens is 387 g/mol. The van der Waals surface area contributed by atoms with Gasteiger partial charge < -0.3 is 16.0 Å². The van der Waals surface area contributed by atoms with Crippen molar-refractivity contribution in [3.63, 3.8) is 0 Å². The van der Waals surface area contributed by atoms with Crippen LogP contribution in [0.2, 0.25) is 0 Å². The summed E-state index contributed by atoms with van der Waals surface area (Å²) in [5.74, 6) is 1.06. The number of anilines is 1. The van der Waals surface area contributed by atoms with Crippen LogP contribution in [0.25, 0.3) is 0 Å². The molecule has 1 atom stereocenters. The van der Waals surface area contributed by atoms with Crippen LogP contribution in [0.4, 0.5) is 5.69 Å². The third-order valence-electron chi connectivity index (χ3n) is 3.95. The minimum atomic E-state index is 0. The van der Waals surface area contributed by atoms with Crippen LogP contribution >= 0.6 is 24.0 Å². The van der Waals surface area contributed by atoms with Crippen molar-refractivity contribution in [2.75, 3.05) is 31.5 Å². The van der Waals surface area contributed by atoms with Crippen molar-refractivity contribution in [1.29, 1.82) is 0 Å². The molecule has 0 amide bonds. The van der Waals surface area contributed by atoms with E-state index in [2.05, 4.69) is 41.2 Å². The lowest BCUT2D eigenvalue weighted by atomic mass is 10.1. The third-order valence-corrected chi connectivity index (χ3v) is 3.95. The van der Waals surface area contributed by atoms with E-state index < -0.39 is 0 Å². The van der Waals surface area contributed by atoms with E-state index in [4.69, 9.17) is 5.73 Å². The van der Waals surface area contributed by atoms with Crippen LogP contribution in [-0.2, 0) is 6.42 Å². The molecule has 0 aliphatic carbocycles. The minimum absolute atomic E-state index is 0. The van der Waals surface area contributed by atoms with Gasteiger partial charge in [-0.15, -0.1) is 24.0 Å². The predicted molar refractivity (Wildman–Crippen MR) is 106 cm³/mol. The quantitative estimate of drug-likeness (QED) is 0.425. The average molecular weight is 416 g/mol. The number of aryl methyl sites for hydroxylation is 1. The van der Waals surface area contributed by atoms with E-state index in [0.29, 0.717) is 11.9 Å². The number of hydrogen-bond acceptors (Lipinski definition) is 2. The van der Waals surface area contributed by atoms with Gasteiger partial charge in [0.05, 0.1) is 0 Å². The lowest BCUT2D eigenvalue weighted by molar-refractivity contribution is 0.292. The van der Waals surface area contributed by atoms with Crippen molar-refractivity contribution < 1.29 is 0 Å². The Kier molecular flexibility index (Phi) is 8.78. The number of nitrogens with two attached hydrogens (primary N) is 1. The summed E-state index contributed by atoms with van der Waals surface area (Å²) in [5.41, 5.74) is 8.30. The molecule has 0 spiro atoms. The molecule has 1 unspecified atom stereocenters. The molecule has 1 aromatic rings. The summed E-state index contributed by atoms with van der Waals surface area (Å²) in [6, 6.07) is 8.31. The molecule has 0 saturated carbocycles. The van der Waals surface area contributed by atoms with E-state index >= 15 is 0 Å². The molecule has 3 N–H and O–H groups in total. The number of aliphatic imine (C=N–C) groups is 1. The molecular formula is C17H29IN4. The fourth-order valence-corrected chi connectivity index (χ4v) is 2.77. The zero-order valence-corrected chi connectivity index (χ0v) is 16.0. The molecule has 5 heteroatoms. The normalized spacial score (nSPS) is 17.1. The number of guanidine groups is 1. The van der Waals surface area contributed by atoms with Crippen LogP contribution in [0.1, 0.15) is 32.3 Å². The monoisotopic (exact) mass is 416 g/mol. The number of rotatable bonds is 6. The molecule has 2 rings (SSSR count). The maximum absolute atomic E-state index is 5.98. The number of hydrogen-bond donors (Lipinski definition) is 2. The summed E-state index contributed by atoms with van der Waals surface area (Å²) in [4.78, 5) is 7.00. The first-order chi connectivity index (χ1) is 10.2. The Hall–Kier alpha value is -0.820. The highest BCUT2D eigenvalue weighted by Crippen LogP contribution is 2.12. The summed E-state index contributed by atoms with van der Waals surface area (Å²) in [7, 11) is 0. The maximum Gasteiger partial charge on any atom is 0.193 e. The van der Waals surface area contributed by atoms with Gasteiger partial charge in [0, 0.05) is 18.8 Å². The summed E-state index contributed by atoms with van der Waals surface area (Å²) in [5, 5.41) is 3.18. The first kappa shape index (κ1) is 19.2. The van der Waals surface area contributed by atoms with Gasteiger partial charge in [0.1, 0.15) is 0 Å². The van der Waals surface area contributed by atoms with Gasteiger partial charge in [0.2, 0.25) is 0 Å². The topological polar surface area (TPSA) is 53.6 Å². The Balaban J connectivity index is 0.00000242. The largest absolute Gasteiger partial charge is 0.370 e. The standard InChI is InChI=1S/C17H28N4.HI/c1-3-15-7-6-8-16(11-15)20-17(18)19-12-14(2)13-21-9-4-5-10-21;/h6-8,11,14H,3-5,9-10,12-13H2,1-2H3,(H3,18,19,20);1H. The molecule has 1 heterocycles. The minimum Gasteiger partial charge on any atom is -0.370 e. The van der Waals surface area contributed by atoms with Gasteiger partial charge in [-0.25, -0.2) is 0 Å². The lowest BCUT2D eigenvalue weighted by Crippen LogP contribution is -2.28. The number of benzene rings is 1. The van der Waals surface area contributed by atoms with Crippen LogP contribution in [0.15, 0.2) is 29.3 Å². The summed E-state index contributed by atoms with van der Waals surface area (Å²) in [6.07, 6.45) is 3.71. The fraction of sp³-hybridized carbons (Fsp3) is 0.588. The second-order valence-corrected chi connectivity index (χ2v) is 6.02. The molecule has 0 aromatic heterocycles. The van der Waals surface area contributed by atoms with Gasteiger partial charge in [-0.1, -0.05) is 26.0 Å². The molecule has 0 bridgehead atoms. The van der Waals surface area contributed by atoms with Crippen LogP contribution < -0.4 is 11.1 Å². The molecule has 1 saturated heterocycles. The highest BCUT2D eigenvalue weighted by Gasteiger charge is 2.14. The van der Waals surface area contributed by atoms with Gasteiger partial charge in [-0.3, -0.25) is 4.99 Å². The fourth-order valence-electron chi connectivity index (χ4n) is 2.77. The number of likely N-dealkylation sites (tertiary alicyclic amines) is 1. The van der Waals surface area contributed by atoms with Crippen LogP contribution in [-0.4, -0.2) is 37.0 Å². The maximum atomic E-state index is 5.98. The van der Waals surface area contributed by atoms with E-state index in [1.165, 1.54) is 31.5 Å². The van der Waals surface area contributed by atoms with E-state index in [-0.39, 0.29) is 24.0 Å².